The molecule has 0 radical (unpaired) electrons. The summed E-state index contributed by atoms with van der Waals surface area (Å²) in [6.07, 6.45) is 12.6. The number of aliphatic hydroxyl groups is 2. The van der Waals surface area contributed by atoms with E-state index in [0.29, 0.717) is 12.1 Å². The average Bonchev–Trinajstić information content (AvgIpc) is 2.74. The molecule has 1 heterocycles. The number of β-amino-alcohol motifs (C(OH)–C–C–N with tert-alkyl or cyclic N) is 2. The van der Waals surface area contributed by atoms with Crippen LogP contribution in [-0.2, 0) is 0 Å². The number of piperazine rings is 1. The minimum Gasteiger partial charge on any atom is -0.390 e. The molecule has 2 saturated carbocycles. The highest BCUT2D eigenvalue weighted by Crippen LogP contribution is 2.18. The van der Waals surface area contributed by atoms with E-state index in [2.05, 4.69) is 20.4 Å². The van der Waals surface area contributed by atoms with Gasteiger partial charge in [-0.2, -0.15) is 0 Å². The fraction of sp³-hybridized carbons (Fsp3) is 1.00. The molecular weight excluding hydrogens is 352 g/mol. The molecule has 164 valence electrons. The normalized spacial score (nSPS) is 26.4. The molecule has 2 atom stereocenters. The summed E-state index contributed by atoms with van der Waals surface area (Å²) < 4.78 is 0. The van der Waals surface area contributed by atoms with Gasteiger partial charge in [0.15, 0.2) is 0 Å². The number of hydrogen-bond acceptors (Lipinski definition) is 6. The van der Waals surface area contributed by atoms with Gasteiger partial charge >= 0.3 is 0 Å². The second-order valence-electron chi connectivity index (χ2n) is 9.40. The van der Waals surface area contributed by atoms with Crippen molar-refractivity contribution >= 4 is 0 Å². The highest BCUT2D eigenvalue weighted by atomic mass is 16.3. The smallest absolute Gasteiger partial charge is 0.0791 e. The molecule has 0 aromatic carbocycles. The predicted octanol–water partition coefficient (Wildman–Crippen LogP) is 1.17. The van der Waals surface area contributed by atoms with E-state index in [9.17, 15) is 10.2 Å². The van der Waals surface area contributed by atoms with Crippen LogP contribution < -0.4 is 10.6 Å². The van der Waals surface area contributed by atoms with Crippen molar-refractivity contribution in [1.29, 1.82) is 0 Å². The third-order valence-electron chi connectivity index (χ3n) is 6.90. The van der Waals surface area contributed by atoms with Crippen molar-refractivity contribution in [2.45, 2.75) is 88.5 Å². The fourth-order valence-corrected chi connectivity index (χ4v) is 5.10. The first kappa shape index (κ1) is 22.4. The standard InChI is InChI=1S/C22H44N4O2/c27-21(15-23-19-7-3-1-4-8-19)17-25-11-13-26(14-12-25)18-22(28)16-24-20-9-5-2-6-10-20/h19-24,27-28H,1-18H2/t21-,22+. The van der Waals surface area contributed by atoms with Gasteiger partial charge in [0.25, 0.3) is 0 Å². The van der Waals surface area contributed by atoms with E-state index < -0.39 is 0 Å². The molecule has 0 spiro atoms. The summed E-state index contributed by atoms with van der Waals surface area (Å²) in [4.78, 5) is 4.74. The fourth-order valence-electron chi connectivity index (χ4n) is 5.10. The Hall–Kier alpha value is -0.240. The average molecular weight is 397 g/mol. The lowest BCUT2D eigenvalue weighted by Gasteiger charge is -2.37. The molecule has 0 aromatic heterocycles. The largest absolute Gasteiger partial charge is 0.390 e. The van der Waals surface area contributed by atoms with Gasteiger partial charge in [-0.3, -0.25) is 9.80 Å². The first-order valence-corrected chi connectivity index (χ1v) is 12.0. The van der Waals surface area contributed by atoms with Crippen LogP contribution in [0.5, 0.6) is 0 Å². The molecule has 1 aliphatic heterocycles. The molecule has 0 aromatic rings. The summed E-state index contributed by atoms with van der Waals surface area (Å²) in [5, 5.41) is 27.9. The molecule has 4 N–H and O–H groups in total. The SMILES string of the molecule is O[C@H](CNC1CCCCC1)CN1CCN(C[C@@H](O)CNC2CCCCC2)CC1. The van der Waals surface area contributed by atoms with E-state index >= 15 is 0 Å². The van der Waals surface area contributed by atoms with Crippen molar-refractivity contribution < 1.29 is 10.2 Å². The quantitative estimate of drug-likeness (QED) is 0.444. The Morgan fingerprint density at radius 1 is 0.607 bits per heavy atom. The van der Waals surface area contributed by atoms with Gasteiger partial charge in [0.2, 0.25) is 0 Å². The molecule has 3 rings (SSSR count). The van der Waals surface area contributed by atoms with E-state index in [1.165, 1.54) is 64.2 Å². The van der Waals surface area contributed by atoms with Crippen LogP contribution >= 0.6 is 0 Å². The number of aliphatic hydroxyl groups excluding tert-OH is 2. The monoisotopic (exact) mass is 396 g/mol. The lowest BCUT2D eigenvalue weighted by molar-refractivity contribution is 0.0468. The van der Waals surface area contributed by atoms with E-state index in [-0.39, 0.29) is 12.2 Å². The molecule has 0 amide bonds. The van der Waals surface area contributed by atoms with E-state index in [0.717, 1.165) is 52.4 Å². The number of rotatable bonds is 10. The molecule has 6 nitrogen and oxygen atoms in total. The summed E-state index contributed by atoms with van der Waals surface area (Å²) in [5.41, 5.74) is 0. The highest BCUT2D eigenvalue weighted by molar-refractivity contribution is 4.80. The Labute approximate surface area is 172 Å². The van der Waals surface area contributed by atoms with Gasteiger partial charge in [0.1, 0.15) is 0 Å². The Morgan fingerprint density at radius 2 is 0.964 bits per heavy atom. The zero-order valence-corrected chi connectivity index (χ0v) is 17.8. The minimum absolute atomic E-state index is 0.279. The van der Waals surface area contributed by atoms with Gasteiger partial charge in [0, 0.05) is 64.4 Å². The third-order valence-corrected chi connectivity index (χ3v) is 6.90. The van der Waals surface area contributed by atoms with Gasteiger partial charge in [-0.15, -0.1) is 0 Å². The zero-order chi connectivity index (χ0) is 19.6. The van der Waals surface area contributed by atoms with Crippen molar-refractivity contribution in [2.24, 2.45) is 0 Å². The highest BCUT2D eigenvalue weighted by Gasteiger charge is 2.22. The van der Waals surface area contributed by atoms with Crippen molar-refractivity contribution in [3.63, 3.8) is 0 Å². The first-order valence-electron chi connectivity index (χ1n) is 12.0. The van der Waals surface area contributed by atoms with Gasteiger partial charge < -0.3 is 20.8 Å². The Morgan fingerprint density at radius 3 is 1.32 bits per heavy atom. The van der Waals surface area contributed by atoms with Gasteiger partial charge in [0.05, 0.1) is 12.2 Å². The van der Waals surface area contributed by atoms with Gasteiger partial charge in [-0.05, 0) is 25.7 Å². The van der Waals surface area contributed by atoms with Crippen LogP contribution in [0.4, 0.5) is 0 Å². The molecule has 3 aliphatic rings. The summed E-state index contributed by atoms with van der Waals surface area (Å²) in [6.45, 7) is 6.92. The third kappa shape index (κ3) is 8.25. The number of hydrogen-bond donors (Lipinski definition) is 4. The van der Waals surface area contributed by atoms with Crippen LogP contribution in [0.1, 0.15) is 64.2 Å². The maximum absolute atomic E-state index is 10.4. The van der Waals surface area contributed by atoms with Crippen LogP contribution in [0.2, 0.25) is 0 Å². The molecule has 1 saturated heterocycles. The molecular formula is C22H44N4O2. The van der Waals surface area contributed by atoms with E-state index in [1.54, 1.807) is 0 Å². The minimum atomic E-state index is -0.279. The number of nitrogens with one attached hydrogen (secondary N) is 2. The summed E-state index contributed by atoms with van der Waals surface area (Å²) in [6, 6.07) is 1.23. The molecule has 2 aliphatic carbocycles. The van der Waals surface area contributed by atoms with E-state index in [4.69, 9.17) is 0 Å². The Bertz CT molecular complexity index is 367. The first-order chi connectivity index (χ1) is 13.7. The Balaban J connectivity index is 1.23. The van der Waals surface area contributed by atoms with Crippen LogP contribution in [0, 0.1) is 0 Å². The lowest BCUT2D eigenvalue weighted by atomic mass is 9.95. The van der Waals surface area contributed by atoms with Crippen LogP contribution in [-0.4, -0.2) is 96.7 Å². The molecule has 6 heteroatoms. The summed E-state index contributed by atoms with van der Waals surface area (Å²) >= 11 is 0. The summed E-state index contributed by atoms with van der Waals surface area (Å²) in [5.74, 6) is 0. The van der Waals surface area contributed by atoms with Crippen molar-refractivity contribution in [3.8, 4) is 0 Å². The Kier molecular flexibility index (Phi) is 9.98. The maximum atomic E-state index is 10.4. The maximum Gasteiger partial charge on any atom is 0.0791 e. The second-order valence-corrected chi connectivity index (χ2v) is 9.40. The van der Waals surface area contributed by atoms with Crippen LogP contribution in [0.25, 0.3) is 0 Å². The van der Waals surface area contributed by atoms with Crippen molar-refractivity contribution in [3.05, 3.63) is 0 Å². The predicted molar refractivity (Wildman–Crippen MR) is 115 cm³/mol. The number of nitrogens with zero attached hydrogens (tertiary/aromatic N) is 2. The zero-order valence-electron chi connectivity index (χ0n) is 17.8. The lowest BCUT2D eigenvalue weighted by Crippen LogP contribution is -2.52. The topological polar surface area (TPSA) is 71.0 Å². The van der Waals surface area contributed by atoms with Crippen LogP contribution in [0.15, 0.2) is 0 Å². The molecule has 0 bridgehead atoms. The van der Waals surface area contributed by atoms with Gasteiger partial charge in [-0.25, -0.2) is 0 Å². The molecule has 0 unspecified atom stereocenters. The van der Waals surface area contributed by atoms with Crippen LogP contribution in [0.3, 0.4) is 0 Å². The van der Waals surface area contributed by atoms with Crippen molar-refractivity contribution in [1.82, 2.24) is 20.4 Å². The molecule has 28 heavy (non-hydrogen) atoms. The van der Waals surface area contributed by atoms with E-state index in [1.807, 2.05) is 0 Å². The molecule has 3 fully saturated rings. The summed E-state index contributed by atoms with van der Waals surface area (Å²) in [7, 11) is 0. The van der Waals surface area contributed by atoms with Crippen molar-refractivity contribution in [2.75, 3.05) is 52.4 Å². The van der Waals surface area contributed by atoms with Gasteiger partial charge in [-0.1, -0.05) is 38.5 Å². The second kappa shape index (κ2) is 12.5.